The minimum atomic E-state index is -3.37. The highest BCUT2D eigenvalue weighted by Crippen LogP contribution is 2.22. The number of anilines is 1. The van der Waals surface area contributed by atoms with E-state index in [0.29, 0.717) is 6.54 Å². The molecule has 0 atom stereocenters. The smallest absolute Gasteiger partial charge is 0.213 e. The van der Waals surface area contributed by atoms with Gasteiger partial charge in [0.15, 0.2) is 5.96 Å². The van der Waals surface area contributed by atoms with Crippen LogP contribution in [0.1, 0.15) is 12.5 Å². The molecule has 2 heterocycles. The van der Waals surface area contributed by atoms with Gasteiger partial charge in [-0.25, -0.2) is 13.1 Å². The lowest BCUT2D eigenvalue weighted by atomic mass is 10.2. The van der Waals surface area contributed by atoms with Gasteiger partial charge in [0.25, 0.3) is 0 Å². The first kappa shape index (κ1) is 24.9. The molecule has 10 heteroatoms. The lowest BCUT2D eigenvalue weighted by Gasteiger charge is -2.37. The Bertz CT molecular complexity index is 868. The van der Waals surface area contributed by atoms with Crippen molar-refractivity contribution in [2.75, 3.05) is 49.9 Å². The van der Waals surface area contributed by atoms with Crippen molar-refractivity contribution < 1.29 is 8.42 Å². The second-order valence-electron chi connectivity index (χ2n) is 6.79. The van der Waals surface area contributed by atoms with Gasteiger partial charge in [-0.15, -0.1) is 35.3 Å². The number of benzene rings is 1. The Kier molecular flexibility index (Phi) is 10.4. The van der Waals surface area contributed by atoms with Crippen molar-refractivity contribution in [1.29, 1.82) is 0 Å². The van der Waals surface area contributed by atoms with Crippen LogP contribution >= 0.6 is 35.3 Å². The second kappa shape index (κ2) is 12.5. The Morgan fingerprint density at radius 1 is 1.10 bits per heavy atom. The van der Waals surface area contributed by atoms with Crippen LogP contribution in [0.25, 0.3) is 0 Å². The minimum absolute atomic E-state index is 0. The van der Waals surface area contributed by atoms with Crippen molar-refractivity contribution in [2.45, 2.75) is 13.5 Å². The standard InChI is InChI=1S/C20H29N5O2S2.HI/c1-2-21-20(25-13-11-24(12-14-25)19-9-6-15-28-19)22-10-16-29(26,27)23-17-18-7-4-3-5-8-18;/h3-9,15,23H,2,10-14,16-17H2,1H3,(H,21,22);1H. The number of rotatable bonds is 8. The van der Waals surface area contributed by atoms with Gasteiger partial charge in [0.05, 0.1) is 17.3 Å². The molecule has 30 heavy (non-hydrogen) atoms. The van der Waals surface area contributed by atoms with Gasteiger partial charge in [0, 0.05) is 39.3 Å². The molecule has 0 saturated carbocycles. The summed E-state index contributed by atoms with van der Waals surface area (Å²) in [6.45, 7) is 6.91. The monoisotopic (exact) mass is 563 g/mol. The van der Waals surface area contributed by atoms with Gasteiger partial charge >= 0.3 is 0 Å². The quantitative estimate of drug-likeness (QED) is 0.294. The Morgan fingerprint density at radius 3 is 2.47 bits per heavy atom. The number of aliphatic imine (C=N–C) groups is 1. The summed E-state index contributed by atoms with van der Waals surface area (Å²) in [7, 11) is -3.37. The van der Waals surface area contributed by atoms with Gasteiger partial charge in [-0.2, -0.15) is 0 Å². The maximum absolute atomic E-state index is 12.3. The molecule has 1 fully saturated rings. The topological polar surface area (TPSA) is 77.0 Å². The van der Waals surface area contributed by atoms with E-state index in [-0.39, 0.29) is 36.3 Å². The van der Waals surface area contributed by atoms with E-state index in [0.717, 1.165) is 44.2 Å². The van der Waals surface area contributed by atoms with E-state index >= 15 is 0 Å². The first-order valence-electron chi connectivity index (χ1n) is 9.90. The van der Waals surface area contributed by atoms with E-state index in [2.05, 4.69) is 42.3 Å². The van der Waals surface area contributed by atoms with E-state index in [9.17, 15) is 8.42 Å². The highest BCUT2D eigenvalue weighted by molar-refractivity contribution is 14.0. The van der Waals surface area contributed by atoms with E-state index in [1.807, 2.05) is 37.3 Å². The molecule has 1 saturated heterocycles. The molecule has 2 N–H and O–H groups in total. The van der Waals surface area contributed by atoms with Crippen LogP contribution in [0.3, 0.4) is 0 Å². The summed E-state index contributed by atoms with van der Waals surface area (Å²) in [5, 5.41) is 6.68. The largest absolute Gasteiger partial charge is 0.360 e. The summed E-state index contributed by atoms with van der Waals surface area (Å²) in [5.74, 6) is 0.765. The molecule has 1 aliphatic rings. The highest BCUT2D eigenvalue weighted by Gasteiger charge is 2.20. The van der Waals surface area contributed by atoms with Crippen LogP contribution < -0.4 is 14.9 Å². The van der Waals surface area contributed by atoms with Crippen molar-refractivity contribution in [3.8, 4) is 0 Å². The second-order valence-corrected chi connectivity index (χ2v) is 9.64. The summed E-state index contributed by atoms with van der Waals surface area (Å²) < 4.78 is 27.2. The highest BCUT2D eigenvalue weighted by atomic mass is 127. The fourth-order valence-electron chi connectivity index (χ4n) is 3.15. The van der Waals surface area contributed by atoms with Gasteiger partial charge in [-0.05, 0) is 30.0 Å². The van der Waals surface area contributed by atoms with Crippen LogP contribution in [0.4, 0.5) is 5.00 Å². The number of piperazine rings is 1. The average molecular weight is 564 g/mol. The van der Waals surface area contributed by atoms with E-state index < -0.39 is 10.0 Å². The average Bonchev–Trinajstić information content (AvgIpc) is 3.28. The van der Waals surface area contributed by atoms with Gasteiger partial charge in [-0.1, -0.05) is 30.3 Å². The zero-order chi connectivity index (χ0) is 20.5. The molecule has 7 nitrogen and oxygen atoms in total. The third-order valence-corrected chi connectivity index (χ3v) is 6.93. The van der Waals surface area contributed by atoms with Gasteiger partial charge < -0.3 is 15.1 Å². The van der Waals surface area contributed by atoms with E-state index in [4.69, 9.17) is 0 Å². The maximum Gasteiger partial charge on any atom is 0.213 e. The molecule has 166 valence electrons. The molecule has 1 aliphatic heterocycles. The molecule has 1 aromatic carbocycles. The lowest BCUT2D eigenvalue weighted by Crippen LogP contribution is -2.52. The maximum atomic E-state index is 12.3. The van der Waals surface area contributed by atoms with Crippen LogP contribution in [-0.4, -0.2) is 64.3 Å². The molecule has 1 aromatic heterocycles. The summed E-state index contributed by atoms with van der Waals surface area (Å²) in [5.41, 5.74) is 0.941. The van der Waals surface area contributed by atoms with Crippen LogP contribution in [-0.2, 0) is 16.6 Å². The minimum Gasteiger partial charge on any atom is -0.360 e. The summed E-state index contributed by atoms with van der Waals surface area (Å²) >= 11 is 1.76. The van der Waals surface area contributed by atoms with Crippen molar-refractivity contribution in [3.05, 3.63) is 53.4 Å². The van der Waals surface area contributed by atoms with Crippen molar-refractivity contribution in [2.24, 2.45) is 4.99 Å². The van der Waals surface area contributed by atoms with Crippen LogP contribution in [0, 0.1) is 0 Å². The fourth-order valence-corrected chi connectivity index (χ4v) is 4.80. The number of nitrogens with zero attached hydrogens (tertiary/aromatic N) is 3. The SMILES string of the molecule is CCNC(=NCCS(=O)(=O)NCc1ccccc1)N1CCN(c2cccs2)CC1.I. The van der Waals surface area contributed by atoms with Crippen molar-refractivity contribution in [1.82, 2.24) is 14.9 Å². The third kappa shape index (κ3) is 7.71. The van der Waals surface area contributed by atoms with Crippen molar-refractivity contribution >= 4 is 56.3 Å². The van der Waals surface area contributed by atoms with E-state index in [1.165, 1.54) is 5.00 Å². The van der Waals surface area contributed by atoms with Gasteiger partial charge in [0.2, 0.25) is 10.0 Å². The van der Waals surface area contributed by atoms with Crippen molar-refractivity contribution in [3.63, 3.8) is 0 Å². The zero-order valence-electron chi connectivity index (χ0n) is 17.2. The lowest BCUT2D eigenvalue weighted by molar-refractivity contribution is 0.374. The van der Waals surface area contributed by atoms with E-state index in [1.54, 1.807) is 11.3 Å². The first-order valence-corrected chi connectivity index (χ1v) is 12.4. The number of sulfonamides is 1. The zero-order valence-corrected chi connectivity index (χ0v) is 21.1. The summed E-state index contributed by atoms with van der Waals surface area (Å²) in [4.78, 5) is 9.15. The molecule has 0 bridgehead atoms. The van der Waals surface area contributed by atoms with Gasteiger partial charge in [-0.3, -0.25) is 4.99 Å². The number of halogens is 1. The summed E-state index contributed by atoms with van der Waals surface area (Å²) in [6, 6.07) is 13.7. The third-order valence-electron chi connectivity index (χ3n) is 4.69. The molecular weight excluding hydrogens is 533 g/mol. The number of guanidine groups is 1. The molecular formula is C20H30IN5O2S2. The molecule has 2 aromatic rings. The molecule has 3 rings (SSSR count). The Morgan fingerprint density at radius 2 is 1.83 bits per heavy atom. The molecule has 0 unspecified atom stereocenters. The Labute approximate surface area is 200 Å². The van der Waals surface area contributed by atoms with Gasteiger partial charge in [0.1, 0.15) is 0 Å². The normalized spacial score (nSPS) is 15.0. The molecule has 0 radical (unpaired) electrons. The number of hydrogen-bond acceptors (Lipinski definition) is 5. The van der Waals surface area contributed by atoms with Crippen LogP contribution in [0.15, 0.2) is 52.8 Å². The van der Waals surface area contributed by atoms with Crippen LogP contribution in [0.5, 0.6) is 0 Å². The molecule has 0 aliphatic carbocycles. The molecule has 0 amide bonds. The number of hydrogen-bond donors (Lipinski definition) is 2. The Balaban J connectivity index is 0.00000320. The van der Waals surface area contributed by atoms with Crippen LogP contribution in [0.2, 0.25) is 0 Å². The number of thiophene rings is 1. The Hall–Kier alpha value is -1.37. The molecule has 0 spiro atoms. The number of nitrogens with one attached hydrogen (secondary N) is 2. The predicted molar refractivity (Wildman–Crippen MR) is 137 cm³/mol. The fraction of sp³-hybridized carbons (Fsp3) is 0.450. The predicted octanol–water partition coefficient (Wildman–Crippen LogP) is 2.57. The summed E-state index contributed by atoms with van der Waals surface area (Å²) in [6.07, 6.45) is 0. The first-order chi connectivity index (χ1) is 14.1.